The summed E-state index contributed by atoms with van der Waals surface area (Å²) in [5.74, 6) is 0.265. The van der Waals surface area contributed by atoms with E-state index in [2.05, 4.69) is 51.8 Å². The summed E-state index contributed by atoms with van der Waals surface area (Å²) < 4.78 is 18.6. The van der Waals surface area contributed by atoms with Crippen LogP contribution in [0.1, 0.15) is 108 Å². The minimum Gasteiger partial charge on any atom is -0.457 e. The van der Waals surface area contributed by atoms with E-state index in [1.165, 1.54) is 47.1 Å². The minimum atomic E-state index is -0.514. The lowest BCUT2D eigenvalue weighted by Gasteiger charge is -2.29. The van der Waals surface area contributed by atoms with Gasteiger partial charge in [-0.2, -0.15) is 0 Å². The molecule has 3 nitrogen and oxygen atoms in total. The summed E-state index contributed by atoms with van der Waals surface area (Å²) >= 11 is 6.72. The molecule has 1 heterocycles. The van der Waals surface area contributed by atoms with E-state index in [9.17, 15) is 9.18 Å². The summed E-state index contributed by atoms with van der Waals surface area (Å²) in [6.45, 7) is 15.1. The Labute approximate surface area is 274 Å². The molecule has 0 aromatic heterocycles. The van der Waals surface area contributed by atoms with Crippen molar-refractivity contribution in [3.05, 3.63) is 105 Å². The van der Waals surface area contributed by atoms with Crippen molar-refractivity contribution in [1.29, 1.82) is 0 Å². The van der Waals surface area contributed by atoms with Crippen LogP contribution in [0.3, 0.4) is 0 Å². The van der Waals surface area contributed by atoms with Gasteiger partial charge in [0, 0.05) is 41.5 Å². The normalized spacial score (nSPS) is 15.8. The minimum absolute atomic E-state index is 0.145. The standard InChI is InChI=1S/C26H36ClNO2.C14H13F/c1-9-10-11-20(16-23(29)30-26(5,6)7)21-12-13-22(27)25(18(21)3)24-17(2)14-15-28(8)19(24)4;15-12-7-8-14-11(9-12)5-2-6-13(14)10-3-1-4-10/h12-14,16H,9-11,15H2,1-8H3;2,5-10H,1,3-4H2/b20-16+;. The predicted octanol–water partition coefficient (Wildman–Crippen LogP) is 11.4. The molecule has 45 heavy (non-hydrogen) atoms. The first-order chi connectivity index (χ1) is 21.3. The number of benzene rings is 3. The molecule has 1 fully saturated rings. The Morgan fingerprint density at radius 3 is 2.47 bits per heavy atom. The molecule has 240 valence electrons. The van der Waals surface area contributed by atoms with Gasteiger partial charge in [0.1, 0.15) is 11.4 Å². The second-order valence-corrected chi connectivity index (χ2v) is 13.9. The molecule has 3 aromatic rings. The van der Waals surface area contributed by atoms with E-state index in [1.807, 2.05) is 51.1 Å². The van der Waals surface area contributed by atoms with Crippen LogP contribution in [0, 0.1) is 12.7 Å². The Kier molecular flexibility index (Phi) is 11.4. The van der Waals surface area contributed by atoms with Crippen LogP contribution >= 0.6 is 11.6 Å². The van der Waals surface area contributed by atoms with Gasteiger partial charge in [0.15, 0.2) is 0 Å². The second-order valence-electron chi connectivity index (χ2n) is 13.5. The van der Waals surface area contributed by atoms with Gasteiger partial charge in [-0.15, -0.1) is 0 Å². The van der Waals surface area contributed by atoms with Crippen molar-refractivity contribution in [2.75, 3.05) is 13.6 Å². The molecular weight excluding hydrogens is 581 g/mol. The maximum atomic E-state index is 13.1. The van der Waals surface area contributed by atoms with Gasteiger partial charge in [-0.05, 0) is 130 Å². The largest absolute Gasteiger partial charge is 0.457 e. The van der Waals surface area contributed by atoms with Crippen molar-refractivity contribution in [1.82, 2.24) is 4.90 Å². The first-order valence-electron chi connectivity index (χ1n) is 16.3. The lowest BCUT2D eigenvalue weighted by atomic mass is 9.78. The molecule has 1 saturated carbocycles. The van der Waals surface area contributed by atoms with E-state index >= 15 is 0 Å². The Morgan fingerprint density at radius 2 is 1.82 bits per heavy atom. The highest BCUT2D eigenvalue weighted by Crippen LogP contribution is 2.41. The van der Waals surface area contributed by atoms with Crippen LogP contribution < -0.4 is 0 Å². The highest BCUT2D eigenvalue weighted by molar-refractivity contribution is 6.33. The number of halogens is 2. The molecule has 0 atom stereocenters. The number of likely N-dealkylation sites (N-methyl/N-ethyl adjacent to an activating group) is 1. The molecule has 0 spiro atoms. The summed E-state index contributed by atoms with van der Waals surface area (Å²) in [7, 11) is 2.10. The van der Waals surface area contributed by atoms with Crippen molar-refractivity contribution < 1.29 is 13.9 Å². The zero-order chi connectivity index (χ0) is 32.9. The molecule has 1 aliphatic heterocycles. The number of esters is 1. The number of carbonyl (C=O) groups excluding carboxylic acids is 1. The Morgan fingerprint density at radius 1 is 1.09 bits per heavy atom. The van der Waals surface area contributed by atoms with Crippen LogP contribution in [-0.4, -0.2) is 30.1 Å². The number of allylic oxidation sites excluding steroid dienone is 4. The van der Waals surface area contributed by atoms with Crippen LogP contribution in [0.2, 0.25) is 5.02 Å². The number of hydrogen-bond donors (Lipinski definition) is 0. The molecule has 0 unspecified atom stereocenters. The van der Waals surface area contributed by atoms with E-state index in [0.717, 1.165) is 58.5 Å². The number of carbonyl (C=O) groups is 1. The lowest BCUT2D eigenvalue weighted by Crippen LogP contribution is -2.23. The fourth-order valence-electron chi connectivity index (χ4n) is 6.18. The predicted molar refractivity (Wildman–Crippen MR) is 189 cm³/mol. The number of ether oxygens (including phenoxy) is 1. The number of rotatable bonds is 7. The Balaban J connectivity index is 0.000000253. The summed E-state index contributed by atoms with van der Waals surface area (Å²) in [6.07, 6.45) is 10.7. The average molecular weight is 630 g/mol. The van der Waals surface area contributed by atoms with Crippen molar-refractivity contribution in [2.24, 2.45) is 0 Å². The van der Waals surface area contributed by atoms with Crippen LogP contribution in [0.25, 0.3) is 21.9 Å². The van der Waals surface area contributed by atoms with Crippen molar-refractivity contribution in [2.45, 2.75) is 98.5 Å². The fourth-order valence-corrected chi connectivity index (χ4v) is 6.48. The van der Waals surface area contributed by atoms with Crippen LogP contribution in [0.15, 0.2) is 72.0 Å². The number of unbranched alkanes of at least 4 members (excludes halogenated alkanes) is 1. The highest BCUT2D eigenvalue weighted by Gasteiger charge is 2.23. The summed E-state index contributed by atoms with van der Waals surface area (Å²) in [5, 5.41) is 2.99. The smallest absolute Gasteiger partial charge is 0.331 e. The van der Waals surface area contributed by atoms with E-state index in [0.29, 0.717) is 5.92 Å². The molecule has 0 radical (unpaired) electrons. The topological polar surface area (TPSA) is 29.5 Å². The zero-order valence-corrected chi connectivity index (χ0v) is 29.1. The van der Waals surface area contributed by atoms with Gasteiger partial charge in [-0.1, -0.05) is 67.8 Å². The van der Waals surface area contributed by atoms with Crippen LogP contribution in [0.5, 0.6) is 0 Å². The summed E-state index contributed by atoms with van der Waals surface area (Å²) in [6, 6.07) is 15.3. The van der Waals surface area contributed by atoms with E-state index in [1.54, 1.807) is 18.2 Å². The van der Waals surface area contributed by atoms with Crippen LogP contribution in [0.4, 0.5) is 4.39 Å². The SMILES string of the molecule is CCCC/C(=C\C(=O)OC(C)(C)C)c1ccc(Cl)c(C2=C(C)N(C)CC=C2C)c1C.Fc1ccc2c(C3CCC3)cccc2c1. The fraction of sp³-hybridized carbons (Fsp3) is 0.425. The van der Waals surface area contributed by atoms with Gasteiger partial charge in [0.25, 0.3) is 0 Å². The zero-order valence-electron chi connectivity index (χ0n) is 28.3. The number of nitrogens with zero attached hydrogens (tertiary/aromatic N) is 1. The first-order valence-corrected chi connectivity index (χ1v) is 16.7. The van der Waals surface area contributed by atoms with Gasteiger partial charge in [0.05, 0.1) is 0 Å². The molecule has 1 aliphatic carbocycles. The Bertz CT molecular complexity index is 1640. The molecule has 5 rings (SSSR count). The number of fused-ring (bicyclic) bond motifs is 1. The summed E-state index contributed by atoms with van der Waals surface area (Å²) in [5.41, 5.74) is 8.74. The molecule has 3 aromatic carbocycles. The summed E-state index contributed by atoms with van der Waals surface area (Å²) in [4.78, 5) is 14.8. The molecule has 0 saturated heterocycles. The van der Waals surface area contributed by atoms with E-state index in [-0.39, 0.29) is 11.8 Å². The molecule has 5 heteroatoms. The van der Waals surface area contributed by atoms with Crippen LogP contribution in [-0.2, 0) is 9.53 Å². The molecular formula is C40H49ClFNO2. The van der Waals surface area contributed by atoms with Gasteiger partial charge in [-0.3, -0.25) is 0 Å². The van der Waals surface area contributed by atoms with Gasteiger partial charge in [0.2, 0.25) is 0 Å². The van der Waals surface area contributed by atoms with Gasteiger partial charge < -0.3 is 9.64 Å². The highest BCUT2D eigenvalue weighted by atomic mass is 35.5. The maximum absolute atomic E-state index is 13.1. The van der Waals surface area contributed by atoms with Gasteiger partial charge >= 0.3 is 5.97 Å². The third-order valence-electron chi connectivity index (χ3n) is 8.93. The Hall–Kier alpha value is -3.37. The molecule has 2 aliphatic rings. The first kappa shape index (κ1) is 34.5. The maximum Gasteiger partial charge on any atom is 0.331 e. The van der Waals surface area contributed by atoms with Crippen molar-refractivity contribution in [3.8, 4) is 0 Å². The van der Waals surface area contributed by atoms with E-state index in [4.69, 9.17) is 16.3 Å². The molecule has 0 amide bonds. The van der Waals surface area contributed by atoms with E-state index < -0.39 is 5.60 Å². The average Bonchev–Trinajstić information content (AvgIpc) is 2.93. The molecule has 0 N–H and O–H groups in total. The quantitative estimate of drug-likeness (QED) is 0.192. The monoisotopic (exact) mass is 629 g/mol. The third kappa shape index (κ3) is 8.47. The van der Waals surface area contributed by atoms with Crippen molar-refractivity contribution >= 4 is 39.5 Å². The lowest BCUT2D eigenvalue weighted by molar-refractivity contribution is -0.148. The third-order valence-corrected chi connectivity index (χ3v) is 9.24. The van der Waals surface area contributed by atoms with Crippen molar-refractivity contribution in [3.63, 3.8) is 0 Å². The number of hydrogen-bond acceptors (Lipinski definition) is 3. The second kappa shape index (κ2) is 14.8. The van der Waals surface area contributed by atoms with Gasteiger partial charge in [-0.25, -0.2) is 9.18 Å². The molecule has 0 bridgehead atoms.